The molecule has 2 unspecified atom stereocenters. The Morgan fingerprint density at radius 1 is 0.684 bits per heavy atom. The minimum Gasteiger partial charge on any atom is -0.365 e. The first kappa shape index (κ1) is 26.3. The number of esters is 2. The van der Waals surface area contributed by atoms with E-state index in [2.05, 4.69) is 21.3 Å². The van der Waals surface area contributed by atoms with E-state index >= 15 is 0 Å². The molecule has 0 amide bonds. The van der Waals surface area contributed by atoms with Crippen molar-refractivity contribution in [2.45, 2.75) is 38.0 Å². The molecule has 2 aromatic rings. The first-order valence-electron chi connectivity index (χ1n) is 12.4. The summed E-state index contributed by atoms with van der Waals surface area (Å²) in [6.07, 6.45) is 9.21. The van der Waals surface area contributed by atoms with Crippen LogP contribution in [0.15, 0.2) is 109 Å². The standard InChI is InChI=1S/C29H30N4O5/c1-3-28(32-21-13-7-5-8-14-21)23(17-11-19-30-28)25(34)37-27(36)38-26(35)24-18-12-20-31-29(24,4-2)33-22-15-9-6-10-16-22/h5-20,30-33H,3-4H2,1-2H3. The van der Waals surface area contributed by atoms with E-state index in [1.54, 1.807) is 36.7 Å². The maximum Gasteiger partial charge on any atom is 0.524 e. The molecule has 2 aliphatic rings. The molecule has 0 radical (unpaired) electrons. The third kappa shape index (κ3) is 5.62. The van der Waals surface area contributed by atoms with Gasteiger partial charge in [-0.3, -0.25) is 0 Å². The summed E-state index contributed by atoms with van der Waals surface area (Å²) in [5.74, 6) is -1.88. The normalized spacial score (nSPS) is 21.6. The predicted octanol–water partition coefficient (Wildman–Crippen LogP) is 4.72. The zero-order chi connectivity index (χ0) is 27.0. The quantitative estimate of drug-likeness (QED) is 0.293. The smallest absolute Gasteiger partial charge is 0.365 e. The second kappa shape index (κ2) is 11.5. The first-order chi connectivity index (χ1) is 18.4. The summed E-state index contributed by atoms with van der Waals surface area (Å²) in [5.41, 5.74) is -0.221. The Balaban J connectivity index is 1.47. The van der Waals surface area contributed by atoms with Crippen molar-refractivity contribution in [3.05, 3.63) is 109 Å². The van der Waals surface area contributed by atoms with Crippen molar-refractivity contribution in [1.29, 1.82) is 0 Å². The molecule has 196 valence electrons. The van der Waals surface area contributed by atoms with Crippen molar-refractivity contribution < 1.29 is 23.9 Å². The number of allylic oxidation sites excluding steroid dienone is 4. The molecule has 9 heteroatoms. The molecule has 4 rings (SSSR count). The number of benzene rings is 2. The number of hydrogen-bond acceptors (Lipinski definition) is 9. The number of anilines is 2. The van der Waals surface area contributed by atoms with Crippen LogP contribution in [0.2, 0.25) is 0 Å². The van der Waals surface area contributed by atoms with Gasteiger partial charge in [-0.2, -0.15) is 0 Å². The van der Waals surface area contributed by atoms with Crippen LogP contribution in [-0.4, -0.2) is 29.4 Å². The highest BCUT2D eigenvalue weighted by molar-refractivity contribution is 6.02. The van der Waals surface area contributed by atoms with Crippen molar-refractivity contribution in [1.82, 2.24) is 10.6 Å². The Hall–Kier alpha value is -4.79. The molecule has 0 bridgehead atoms. The Labute approximate surface area is 221 Å². The van der Waals surface area contributed by atoms with Gasteiger partial charge in [0, 0.05) is 11.4 Å². The Morgan fingerprint density at radius 2 is 1.08 bits per heavy atom. The van der Waals surface area contributed by atoms with Crippen LogP contribution in [0.1, 0.15) is 26.7 Å². The Bertz CT molecular complexity index is 1200. The highest BCUT2D eigenvalue weighted by Crippen LogP contribution is 2.29. The largest absolute Gasteiger partial charge is 0.524 e. The molecule has 0 saturated carbocycles. The molecule has 2 atom stereocenters. The molecule has 0 spiro atoms. The molecule has 4 N–H and O–H groups in total. The second-order valence-corrected chi connectivity index (χ2v) is 8.70. The van der Waals surface area contributed by atoms with Crippen molar-refractivity contribution in [3.8, 4) is 0 Å². The fraction of sp³-hybridized carbons (Fsp3) is 0.207. The fourth-order valence-electron chi connectivity index (χ4n) is 4.38. The summed E-state index contributed by atoms with van der Waals surface area (Å²) < 4.78 is 9.95. The van der Waals surface area contributed by atoms with E-state index in [1.165, 1.54) is 0 Å². The number of carbonyl (C=O) groups excluding carboxylic acids is 3. The summed E-state index contributed by atoms with van der Waals surface area (Å²) in [6.45, 7) is 3.76. The fourth-order valence-corrected chi connectivity index (χ4v) is 4.38. The Kier molecular flexibility index (Phi) is 7.96. The van der Waals surface area contributed by atoms with E-state index in [-0.39, 0.29) is 11.1 Å². The maximum absolute atomic E-state index is 13.1. The van der Waals surface area contributed by atoms with Gasteiger partial charge in [0.15, 0.2) is 0 Å². The number of dihydropyridines is 2. The van der Waals surface area contributed by atoms with Crippen molar-refractivity contribution in [2.24, 2.45) is 0 Å². The summed E-state index contributed by atoms with van der Waals surface area (Å²) in [6, 6.07) is 18.6. The molecule has 2 aromatic carbocycles. The van der Waals surface area contributed by atoms with E-state index < -0.39 is 29.4 Å². The molecule has 2 aliphatic heterocycles. The van der Waals surface area contributed by atoms with Crippen LogP contribution in [0.4, 0.5) is 16.2 Å². The van der Waals surface area contributed by atoms with E-state index in [1.807, 2.05) is 74.5 Å². The van der Waals surface area contributed by atoms with Crippen LogP contribution in [0.5, 0.6) is 0 Å². The molecule has 0 fully saturated rings. The van der Waals surface area contributed by atoms with Gasteiger partial charge in [-0.25, -0.2) is 14.4 Å². The van der Waals surface area contributed by atoms with Gasteiger partial charge < -0.3 is 30.7 Å². The molecule has 0 saturated heterocycles. The average Bonchev–Trinajstić information content (AvgIpc) is 2.94. The summed E-state index contributed by atoms with van der Waals surface area (Å²) >= 11 is 0. The zero-order valence-electron chi connectivity index (χ0n) is 21.2. The topological polar surface area (TPSA) is 118 Å². The number of carbonyl (C=O) groups is 3. The predicted molar refractivity (Wildman–Crippen MR) is 144 cm³/mol. The number of rotatable bonds is 8. The Morgan fingerprint density at radius 3 is 1.45 bits per heavy atom. The molecule has 9 nitrogen and oxygen atoms in total. The van der Waals surface area contributed by atoms with Crippen LogP contribution in [0, 0.1) is 0 Å². The number of ether oxygens (including phenoxy) is 2. The summed E-state index contributed by atoms with van der Waals surface area (Å²) in [4.78, 5) is 38.8. The van der Waals surface area contributed by atoms with Crippen LogP contribution in [-0.2, 0) is 19.1 Å². The van der Waals surface area contributed by atoms with Gasteiger partial charge >= 0.3 is 18.1 Å². The second-order valence-electron chi connectivity index (χ2n) is 8.70. The summed E-state index contributed by atoms with van der Waals surface area (Å²) in [5, 5.41) is 12.9. The molecule has 2 heterocycles. The lowest BCUT2D eigenvalue weighted by Crippen LogP contribution is -2.54. The molecule has 38 heavy (non-hydrogen) atoms. The first-order valence-corrected chi connectivity index (χ1v) is 12.4. The highest BCUT2D eigenvalue weighted by atomic mass is 16.8. The maximum atomic E-state index is 13.1. The monoisotopic (exact) mass is 514 g/mol. The SMILES string of the molecule is CCC1(Nc2ccccc2)NC=CC=C1C(=O)OC(=O)OC(=O)C1=CC=CNC1(CC)Nc1ccccc1. The molecule has 0 aliphatic carbocycles. The average molecular weight is 515 g/mol. The minimum atomic E-state index is -1.42. The highest BCUT2D eigenvalue weighted by Gasteiger charge is 2.41. The van der Waals surface area contributed by atoms with Crippen LogP contribution < -0.4 is 21.3 Å². The summed E-state index contributed by atoms with van der Waals surface area (Å²) in [7, 11) is 0. The zero-order valence-corrected chi connectivity index (χ0v) is 21.2. The van der Waals surface area contributed by atoms with Gasteiger partial charge in [-0.1, -0.05) is 50.2 Å². The third-order valence-corrected chi connectivity index (χ3v) is 6.41. The molecular formula is C29H30N4O5. The van der Waals surface area contributed by atoms with Gasteiger partial charge in [-0.15, -0.1) is 0 Å². The van der Waals surface area contributed by atoms with Crippen molar-refractivity contribution in [2.75, 3.05) is 10.6 Å². The van der Waals surface area contributed by atoms with Gasteiger partial charge in [0.05, 0.1) is 11.1 Å². The van der Waals surface area contributed by atoms with E-state index in [0.29, 0.717) is 12.8 Å². The molecule has 0 aromatic heterocycles. The van der Waals surface area contributed by atoms with Gasteiger partial charge in [-0.05, 0) is 73.8 Å². The van der Waals surface area contributed by atoms with Gasteiger partial charge in [0.25, 0.3) is 0 Å². The number of hydrogen-bond donors (Lipinski definition) is 4. The molecular weight excluding hydrogens is 484 g/mol. The van der Waals surface area contributed by atoms with Crippen molar-refractivity contribution in [3.63, 3.8) is 0 Å². The lowest BCUT2D eigenvalue weighted by Gasteiger charge is -2.38. The van der Waals surface area contributed by atoms with Gasteiger partial charge in [0.1, 0.15) is 11.3 Å². The van der Waals surface area contributed by atoms with Crippen LogP contribution in [0.25, 0.3) is 0 Å². The minimum absolute atomic E-state index is 0.158. The lowest BCUT2D eigenvalue weighted by atomic mass is 9.93. The lowest BCUT2D eigenvalue weighted by molar-refractivity contribution is -0.142. The van der Waals surface area contributed by atoms with E-state index in [9.17, 15) is 14.4 Å². The van der Waals surface area contributed by atoms with Crippen LogP contribution in [0.3, 0.4) is 0 Å². The van der Waals surface area contributed by atoms with Gasteiger partial charge in [0.2, 0.25) is 0 Å². The van der Waals surface area contributed by atoms with E-state index in [0.717, 1.165) is 11.4 Å². The third-order valence-electron chi connectivity index (χ3n) is 6.41. The number of nitrogens with one attached hydrogen (secondary N) is 4. The van der Waals surface area contributed by atoms with E-state index in [4.69, 9.17) is 9.47 Å². The van der Waals surface area contributed by atoms with Crippen LogP contribution >= 0.6 is 0 Å². The number of para-hydroxylation sites is 2. The van der Waals surface area contributed by atoms with Crippen molar-refractivity contribution >= 4 is 29.5 Å².